The first-order valence-electron chi connectivity index (χ1n) is 5.89. The Morgan fingerprint density at radius 2 is 2.00 bits per heavy atom. The summed E-state index contributed by atoms with van der Waals surface area (Å²) in [5, 5.41) is 13.3. The van der Waals surface area contributed by atoms with Gasteiger partial charge in [0.25, 0.3) is 5.56 Å². The summed E-state index contributed by atoms with van der Waals surface area (Å²) in [6.07, 6.45) is 1.14. The maximum atomic E-state index is 11.5. The Morgan fingerprint density at radius 1 is 1.25 bits per heavy atom. The third-order valence-corrected chi connectivity index (χ3v) is 2.72. The molecule has 0 atom stereocenters. The van der Waals surface area contributed by atoms with Crippen molar-refractivity contribution in [1.82, 2.24) is 9.97 Å². The molecular weight excluding hydrogens is 260 g/mol. The van der Waals surface area contributed by atoms with Gasteiger partial charge in [-0.25, -0.2) is 4.79 Å². The van der Waals surface area contributed by atoms with Crippen LogP contribution in [0.5, 0.6) is 5.88 Å². The highest BCUT2D eigenvalue weighted by molar-refractivity contribution is 5.82. The molecule has 0 radical (unpaired) electrons. The minimum Gasteiger partial charge on any atom is -0.494 e. The van der Waals surface area contributed by atoms with Crippen LogP contribution in [0, 0.1) is 13.8 Å². The number of aryl methyl sites for hydroxylation is 2. The van der Waals surface area contributed by atoms with Crippen molar-refractivity contribution in [3.05, 3.63) is 55.7 Å². The summed E-state index contributed by atoms with van der Waals surface area (Å²) >= 11 is 0. The number of rotatable bonds is 3. The largest absolute Gasteiger partial charge is 0.494 e. The molecule has 7 heteroatoms. The highest BCUT2D eigenvalue weighted by atomic mass is 16.3. The molecule has 1 heterocycles. The van der Waals surface area contributed by atoms with Crippen LogP contribution in [0.25, 0.3) is 0 Å². The highest BCUT2D eigenvalue weighted by Gasteiger charge is 2.05. The summed E-state index contributed by atoms with van der Waals surface area (Å²) in [5.74, 6) is -0.523. The van der Waals surface area contributed by atoms with Crippen LogP contribution in [0.1, 0.15) is 16.7 Å². The SMILES string of the molecule is Cc1ccc(N/N=C/c2c(O)[nH]c(=O)[nH]c2=O)c(C)c1. The zero-order chi connectivity index (χ0) is 14.7. The monoisotopic (exact) mass is 274 g/mol. The van der Waals surface area contributed by atoms with E-state index in [2.05, 4.69) is 15.5 Å². The fraction of sp³-hybridized carbons (Fsp3) is 0.154. The predicted molar refractivity (Wildman–Crippen MR) is 76.5 cm³/mol. The maximum Gasteiger partial charge on any atom is 0.328 e. The molecule has 20 heavy (non-hydrogen) atoms. The molecule has 0 bridgehead atoms. The van der Waals surface area contributed by atoms with E-state index in [4.69, 9.17) is 0 Å². The van der Waals surface area contributed by atoms with Crippen LogP contribution in [0.15, 0.2) is 32.9 Å². The van der Waals surface area contributed by atoms with Crippen molar-refractivity contribution < 1.29 is 5.11 Å². The Balaban J connectivity index is 2.23. The van der Waals surface area contributed by atoms with Gasteiger partial charge in [-0.3, -0.25) is 20.2 Å². The Hall–Kier alpha value is -2.83. The van der Waals surface area contributed by atoms with Gasteiger partial charge in [0.05, 0.1) is 11.9 Å². The van der Waals surface area contributed by atoms with Crippen molar-refractivity contribution in [2.45, 2.75) is 13.8 Å². The van der Waals surface area contributed by atoms with Crippen molar-refractivity contribution in [2.24, 2.45) is 5.10 Å². The van der Waals surface area contributed by atoms with Crippen molar-refractivity contribution in [3.8, 4) is 5.88 Å². The second kappa shape index (κ2) is 5.43. The lowest BCUT2D eigenvalue weighted by Crippen LogP contribution is -2.25. The number of aromatic amines is 2. The fourth-order valence-electron chi connectivity index (χ4n) is 1.71. The minimum atomic E-state index is -0.771. The Kier molecular flexibility index (Phi) is 3.69. The standard InChI is InChI=1S/C13H14N4O3/c1-7-3-4-10(8(2)5-7)17-14-6-9-11(18)15-13(20)16-12(9)19/h3-6,17H,1-2H3,(H3,15,16,18,19,20)/b14-6+. The van der Waals surface area contributed by atoms with Crippen LogP contribution >= 0.6 is 0 Å². The van der Waals surface area contributed by atoms with Gasteiger partial charge in [0.1, 0.15) is 5.56 Å². The molecule has 0 aliphatic heterocycles. The lowest BCUT2D eigenvalue weighted by Gasteiger charge is -2.05. The molecule has 0 amide bonds. The second-order valence-corrected chi connectivity index (χ2v) is 4.36. The van der Waals surface area contributed by atoms with Gasteiger partial charge in [0.2, 0.25) is 5.88 Å². The average Bonchev–Trinajstić information content (AvgIpc) is 2.34. The number of aromatic nitrogens is 2. The van der Waals surface area contributed by atoms with Gasteiger partial charge in [-0.15, -0.1) is 0 Å². The topological polar surface area (TPSA) is 110 Å². The zero-order valence-electron chi connectivity index (χ0n) is 11.0. The van der Waals surface area contributed by atoms with E-state index in [1.54, 1.807) is 0 Å². The second-order valence-electron chi connectivity index (χ2n) is 4.36. The molecule has 1 aromatic heterocycles. The van der Waals surface area contributed by atoms with Gasteiger partial charge < -0.3 is 5.11 Å². The lowest BCUT2D eigenvalue weighted by molar-refractivity contribution is 0.447. The van der Waals surface area contributed by atoms with Gasteiger partial charge in [-0.1, -0.05) is 17.7 Å². The first-order chi connectivity index (χ1) is 9.47. The third-order valence-electron chi connectivity index (χ3n) is 2.72. The Morgan fingerprint density at radius 3 is 2.65 bits per heavy atom. The molecule has 0 fully saturated rings. The van der Waals surface area contributed by atoms with E-state index in [1.165, 1.54) is 0 Å². The molecule has 7 nitrogen and oxygen atoms in total. The fourth-order valence-corrected chi connectivity index (χ4v) is 1.71. The van der Waals surface area contributed by atoms with Crippen LogP contribution in [-0.4, -0.2) is 21.3 Å². The predicted octanol–water partition coefficient (Wildman–Crippen LogP) is 0.832. The van der Waals surface area contributed by atoms with Gasteiger partial charge in [-0.2, -0.15) is 5.10 Å². The first kappa shape index (κ1) is 13.6. The number of H-pyrrole nitrogens is 2. The molecule has 1 aromatic carbocycles. The molecule has 0 aliphatic carbocycles. The van der Waals surface area contributed by atoms with E-state index in [1.807, 2.05) is 37.0 Å². The van der Waals surface area contributed by atoms with Crippen molar-refractivity contribution in [3.63, 3.8) is 0 Å². The number of benzene rings is 1. The summed E-state index contributed by atoms with van der Waals surface area (Å²) in [6, 6.07) is 5.77. The molecule has 0 saturated carbocycles. The summed E-state index contributed by atoms with van der Waals surface area (Å²) in [6.45, 7) is 3.91. The molecule has 2 aromatic rings. The number of nitrogens with one attached hydrogen (secondary N) is 3. The van der Waals surface area contributed by atoms with Crippen LogP contribution in [-0.2, 0) is 0 Å². The number of hydrogen-bond acceptors (Lipinski definition) is 5. The molecule has 2 rings (SSSR count). The maximum absolute atomic E-state index is 11.5. The van der Waals surface area contributed by atoms with Crippen LogP contribution in [0.4, 0.5) is 5.69 Å². The highest BCUT2D eigenvalue weighted by Crippen LogP contribution is 2.15. The van der Waals surface area contributed by atoms with Gasteiger partial charge in [0, 0.05) is 0 Å². The van der Waals surface area contributed by atoms with E-state index in [9.17, 15) is 14.7 Å². The van der Waals surface area contributed by atoms with E-state index >= 15 is 0 Å². The van der Waals surface area contributed by atoms with E-state index in [0.29, 0.717) is 0 Å². The molecule has 0 spiro atoms. The normalized spacial score (nSPS) is 10.9. The number of hydrazone groups is 1. The summed E-state index contributed by atoms with van der Waals surface area (Å²) in [7, 11) is 0. The number of hydrogen-bond donors (Lipinski definition) is 4. The average molecular weight is 274 g/mol. The number of anilines is 1. The third kappa shape index (κ3) is 2.94. The summed E-state index contributed by atoms with van der Waals surface area (Å²) in [5.41, 5.74) is 4.08. The lowest BCUT2D eigenvalue weighted by atomic mass is 10.1. The molecule has 0 unspecified atom stereocenters. The van der Waals surface area contributed by atoms with Crippen molar-refractivity contribution >= 4 is 11.9 Å². The van der Waals surface area contributed by atoms with Crippen molar-refractivity contribution in [1.29, 1.82) is 0 Å². The van der Waals surface area contributed by atoms with E-state index in [-0.39, 0.29) is 5.56 Å². The minimum absolute atomic E-state index is 0.123. The first-order valence-corrected chi connectivity index (χ1v) is 5.89. The number of aromatic hydroxyl groups is 1. The summed E-state index contributed by atoms with van der Waals surface area (Å²) < 4.78 is 0. The van der Waals surface area contributed by atoms with Crippen molar-refractivity contribution in [2.75, 3.05) is 5.43 Å². The Labute approximate surface area is 114 Å². The smallest absolute Gasteiger partial charge is 0.328 e. The van der Waals surface area contributed by atoms with Gasteiger partial charge in [-0.05, 0) is 25.5 Å². The van der Waals surface area contributed by atoms with E-state index in [0.717, 1.165) is 23.0 Å². The molecule has 0 aliphatic rings. The Bertz CT molecular complexity index is 774. The van der Waals surface area contributed by atoms with Crippen LogP contribution in [0.2, 0.25) is 0 Å². The molecule has 104 valence electrons. The zero-order valence-corrected chi connectivity index (χ0v) is 11.0. The quantitative estimate of drug-likeness (QED) is 0.491. The number of nitrogens with zero attached hydrogens (tertiary/aromatic N) is 1. The molecule has 0 saturated heterocycles. The summed E-state index contributed by atoms with van der Waals surface area (Å²) in [4.78, 5) is 26.4. The molecular formula is C13H14N4O3. The van der Waals surface area contributed by atoms with E-state index < -0.39 is 17.1 Å². The van der Waals surface area contributed by atoms with Gasteiger partial charge >= 0.3 is 5.69 Å². The van der Waals surface area contributed by atoms with Crippen LogP contribution in [0.3, 0.4) is 0 Å². The van der Waals surface area contributed by atoms with Crippen LogP contribution < -0.4 is 16.7 Å². The molecule has 4 N–H and O–H groups in total. The van der Waals surface area contributed by atoms with Gasteiger partial charge in [0.15, 0.2) is 0 Å².